The number of benzene rings is 2. The summed E-state index contributed by atoms with van der Waals surface area (Å²) in [5, 5.41) is 17.9. The van der Waals surface area contributed by atoms with Gasteiger partial charge in [0.15, 0.2) is 0 Å². The molecule has 29 heavy (non-hydrogen) atoms. The zero-order chi connectivity index (χ0) is 20.1. The van der Waals surface area contributed by atoms with Crippen molar-refractivity contribution in [3.8, 4) is 11.3 Å². The highest BCUT2D eigenvalue weighted by Gasteiger charge is 2.22. The molecular formula is C19H12F2N6O2. The van der Waals surface area contributed by atoms with Crippen molar-refractivity contribution in [1.82, 2.24) is 25.1 Å². The number of amides is 1. The summed E-state index contributed by atoms with van der Waals surface area (Å²) < 4.78 is 35.4. The van der Waals surface area contributed by atoms with Gasteiger partial charge in [-0.2, -0.15) is 10.2 Å². The first-order chi connectivity index (χ1) is 14.0. The Morgan fingerprint density at radius 3 is 2.86 bits per heavy atom. The molecule has 0 aliphatic heterocycles. The lowest BCUT2D eigenvalue weighted by atomic mass is 10.1. The first kappa shape index (κ1) is 17.0. The highest BCUT2D eigenvalue weighted by atomic mass is 19.1. The van der Waals surface area contributed by atoms with Crippen LogP contribution in [0.2, 0.25) is 0 Å². The first-order valence-corrected chi connectivity index (χ1v) is 8.52. The summed E-state index contributed by atoms with van der Waals surface area (Å²) in [7, 11) is 1.56. The molecule has 3 aromatic heterocycles. The molecule has 0 aliphatic rings. The topological polar surface area (TPSA) is 102 Å². The quantitative estimate of drug-likeness (QED) is 0.487. The number of anilines is 1. The summed E-state index contributed by atoms with van der Waals surface area (Å²) in [5.41, 5.74) is 1.89. The van der Waals surface area contributed by atoms with Crippen LogP contribution in [0.4, 0.5) is 14.5 Å². The van der Waals surface area contributed by atoms with E-state index in [1.165, 1.54) is 23.3 Å². The van der Waals surface area contributed by atoms with Crippen LogP contribution in [0, 0.1) is 11.6 Å². The van der Waals surface area contributed by atoms with Gasteiger partial charge >= 0.3 is 0 Å². The number of carbonyl (C=O) groups excluding carboxylic acids is 1. The second-order valence-corrected chi connectivity index (χ2v) is 6.45. The number of carbonyl (C=O) groups is 1. The molecule has 8 nitrogen and oxygen atoms in total. The number of halogens is 2. The van der Waals surface area contributed by atoms with Crippen LogP contribution in [0.3, 0.4) is 0 Å². The normalized spacial score (nSPS) is 11.4. The van der Waals surface area contributed by atoms with Gasteiger partial charge < -0.3 is 9.84 Å². The number of nitrogens with one attached hydrogen (secondary N) is 2. The van der Waals surface area contributed by atoms with E-state index in [0.29, 0.717) is 27.8 Å². The molecule has 5 rings (SSSR count). The van der Waals surface area contributed by atoms with E-state index in [1.807, 2.05) is 0 Å². The van der Waals surface area contributed by atoms with E-state index in [0.717, 1.165) is 6.07 Å². The molecule has 0 aliphatic carbocycles. The van der Waals surface area contributed by atoms with E-state index in [2.05, 4.69) is 25.8 Å². The number of aryl methyl sites for hydroxylation is 1. The molecule has 0 radical (unpaired) electrons. The van der Waals surface area contributed by atoms with E-state index < -0.39 is 23.1 Å². The zero-order valence-corrected chi connectivity index (χ0v) is 14.9. The highest BCUT2D eigenvalue weighted by Crippen LogP contribution is 2.29. The summed E-state index contributed by atoms with van der Waals surface area (Å²) >= 11 is 0. The third kappa shape index (κ3) is 2.64. The van der Waals surface area contributed by atoms with Gasteiger partial charge in [0.2, 0.25) is 0 Å². The van der Waals surface area contributed by atoms with Gasteiger partial charge in [0.25, 0.3) is 5.91 Å². The zero-order valence-electron chi connectivity index (χ0n) is 14.9. The minimum absolute atomic E-state index is 0.0686. The molecule has 0 atom stereocenters. The van der Waals surface area contributed by atoms with Gasteiger partial charge in [0, 0.05) is 24.2 Å². The number of hydrogen-bond acceptors (Lipinski definition) is 5. The third-order valence-electron chi connectivity index (χ3n) is 4.70. The number of aromatic amines is 1. The predicted octanol–water partition coefficient (Wildman–Crippen LogP) is 3.64. The molecule has 1 amide bonds. The van der Waals surface area contributed by atoms with E-state index >= 15 is 0 Å². The monoisotopic (exact) mass is 394 g/mol. The lowest BCUT2D eigenvalue weighted by molar-refractivity contribution is 0.101. The van der Waals surface area contributed by atoms with Crippen molar-refractivity contribution in [2.75, 3.05) is 5.32 Å². The Kier molecular flexibility index (Phi) is 3.66. The van der Waals surface area contributed by atoms with Gasteiger partial charge in [-0.05, 0) is 18.2 Å². The van der Waals surface area contributed by atoms with Crippen LogP contribution >= 0.6 is 0 Å². The molecule has 0 spiro atoms. The Morgan fingerprint density at radius 2 is 2.07 bits per heavy atom. The van der Waals surface area contributed by atoms with Crippen molar-refractivity contribution in [3.63, 3.8) is 0 Å². The van der Waals surface area contributed by atoms with E-state index in [4.69, 9.17) is 4.52 Å². The lowest BCUT2D eigenvalue weighted by Crippen LogP contribution is -2.16. The molecule has 0 saturated carbocycles. The fourth-order valence-electron chi connectivity index (χ4n) is 3.25. The van der Waals surface area contributed by atoms with Crippen molar-refractivity contribution in [3.05, 3.63) is 60.1 Å². The molecule has 0 saturated heterocycles. The highest BCUT2D eigenvalue weighted by molar-refractivity contribution is 6.08. The molecule has 0 unspecified atom stereocenters. The average Bonchev–Trinajstić information content (AvgIpc) is 3.42. The Labute approximate surface area is 161 Å². The van der Waals surface area contributed by atoms with Crippen LogP contribution in [0.15, 0.2) is 47.4 Å². The number of nitrogens with zero attached hydrogens (tertiary/aromatic N) is 4. The van der Waals surface area contributed by atoms with Gasteiger partial charge in [-0.3, -0.25) is 14.6 Å². The van der Waals surface area contributed by atoms with Crippen molar-refractivity contribution in [1.29, 1.82) is 0 Å². The van der Waals surface area contributed by atoms with Gasteiger partial charge in [-0.15, -0.1) is 0 Å². The van der Waals surface area contributed by atoms with Gasteiger partial charge in [0.05, 0.1) is 34.4 Å². The maximum Gasteiger partial charge on any atom is 0.261 e. The fraction of sp³-hybridized carbons (Fsp3) is 0.0526. The second-order valence-electron chi connectivity index (χ2n) is 6.45. The summed E-state index contributed by atoms with van der Waals surface area (Å²) in [6.45, 7) is 0. The van der Waals surface area contributed by atoms with Crippen molar-refractivity contribution >= 4 is 33.4 Å². The smallest absolute Gasteiger partial charge is 0.261 e. The molecule has 10 heteroatoms. The van der Waals surface area contributed by atoms with E-state index in [1.54, 1.807) is 25.2 Å². The minimum Gasteiger partial charge on any atom is -0.364 e. The maximum atomic E-state index is 14.8. The molecule has 0 bridgehead atoms. The van der Waals surface area contributed by atoms with Crippen LogP contribution in [0.25, 0.3) is 33.1 Å². The van der Waals surface area contributed by atoms with Crippen LogP contribution in [0.1, 0.15) is 10.4 Å². The number of rotatable bonds is 3. The Balaban J connectivity index is 1.53. The predicted molar refractivity (Wildman–Crippen MR) is 100 cm³/mol. The third-order valence-corrected chi connectivity index (χ3v) is 4.70. The van der Waals surface area contributed by atoms with Gasteiger partial charge in [0.1, 0.15) is 29.2 Å². The van der Waals surface area contributed by atoms with Crippen molar-refractivity contribution in [2.45, 2.75) is 0 Å². The number of H-pyrrole nitrogens is 1. The molecule has 0 fully saturated rings. The maximum absolute atomic E-state index is 14.8. The SMILES string of the molecule is Cn1ncc2c(F)c(C(=O)Nc3ccc4[nH]nc(-c5cnoc5)c4c3)c(F)cc21. The summed E-state index contributed by atoms with van der Waals surface area (Å²) in [5.74, 6) is -2.83. The Bertz CT molecular complexity index is 1390. The summed E-state index contributed by atoms with van der Waals surface area (Å²) in [4.78, 5) is 12.6. The van der Waals surface area contributed by atoms with Crippen LogP contribution < -0.4 is 5.32 Å². The number of aromatic nitrogens is 5. The van der Waals surface area contributed by atoms with Gasteiger partial charge in [-0.25, -0.2) is 8.78 Å². The Morgan fingerprint density at radius 1 is 1.21 bits per heavy atom. The average molecular weight is 394 g/mol. The summed E-state index contributed by atoms with van der Waals surface area (Å²) in [6.07, 6.45) is 4.20. The fourth-order valence-corrected chi connectivity index (χ4v) is 3.25. The molecule has 3 heterocycles. The largest absolute Gasteiger partial charge is 0.364 e. The first-order valence-electron chi connectivity index (χ1n) is 8.52. The standard InChI is InChI=1S/C19H12F2N6O2/c1-27-15-5-13(20)16(17(21)12(15)7-22-27)19(28)24-10-2-3-14-11(4-10)18(26-25-14)9-6-23-29-8-9/h2-8H,1H3,(H,24,28)(H,25,26). The van der Waals surface area contributed by atoms with Crippen LogP contribution in [-0.4, -0.2) is 31.0 Å². The van der Waals surface area contributed by atoms with E-state index in [-0.39, 0.29) is 10.9 Å². The molecule has 2 N–H and O–H groups in total. The van der Waals surface area contributed by atoms with Crippen LogP contribution in [0.5, 0.6) is 0 Å². The minimum atomic E-state index is -0.967. The summed E-state index contributed by atoms with van der Waals surface area (Å²) in [6, 6.07) is 6.04. The van der Waals surface area contributed by atoms with Crippen molar-refractivity contribution in [2.24, 2.45) is 7.05 Å². The molecule has 2 aromatic carbocycles. The lowest BCUT2D eigenvalue weighted by Gasteiger charge is -2.08. The van der Waals surface area contributed by atoms with E-state index in [9.17, 15) is 13.6 Å². The molecule has 5 aromatic rings. The molecular weight excluding hydrogens is 382 g/mol. The number of fused-ring (bicyclic) bond motifs is 2. The Hall–Kier alpha value is -4.08. The second kappa shape index (κ2) is 6.23. The molecule has 144 valence electrons. The van der Waals surface area contributed by atoms with Crippen molar-refractivity contribution < 1.29 is 18.1 Å². The van der Waals surface area contributed by atoms with Crippen LogP contribution in [-0.2, 0) is 7.05 Å². The number of hydrogen-bond donors (Lipinski definition) is 2. The van der Waals surface area contributed by atoms with Gasteiger partial charge in [-0.1, -0.05) is 5.16 Å².